The van der Waals surface area contributed by atoms with Gasteiger partial charge >= 0.3 is 12.1 Å². The van der Waals surface area contributed by atoms with E-state index in [0.29, 0.717) is 12.2 Å². The zero-order valence-corrected chi connectivity index (χ0v) is 11.2. The number of amides is 1. The van der Waals surface area contributed by atoms with Crippen molar-refractivity contribution < 1.29 is 19.4 Å². The molecule has 0 radical (unpaired) electrons. The number of aromatic nitrogens is 2. The standard InChI is InChI=1S/C12H17N3O4/c1-12(2,3)19-11(18)14-6-8-4-5-13-15(8)9(7-14)10(16)17/h4-5,9H,6-7H2,1-3H3,(H,16,17)/t9-/m0/s1. The van der Waals surface area contributed by atoms with Crippen LogP contribution < -0.4 is 0 Å². The lowest BCUT2D eigenvalue weighted by molar-refractivity contribution is -0.142. The van der Waals surface area contributed by atoms with Crippen LogP contribution in [0.3, 0.4) is 0 Å². The van der Waals surface area contributed by atoms with E-state index in [2.05, 4.69) is 5.10 Å². The van der Waals surface area contributed by atoms with Crippen molar-refractivity contribution in [1.82, 2.24) is 14.7 Å². The van der Waals surface area contributed by atoms with E-state index in [1.165, 1.54) is 15.8 Å². The Morgan fingerprint density at radius 3 is 2.74 bits per heavy atom. The molecule has 1 N–H and O–H groups in total. The fourth-order valence-electron chi connectivity index (χ4n) is 1.94. The van der Waals surface area contributed by atoms with Crippen molar-refractivity contribution in [3.63, 3.8) is 0 Å². The maximum atomic E-state index is 12.0. The molecule has 1 aromatic heterocycles. The van der Waals surface area contributed by atoms with Crippen LogP contribution in [0, 0.1) is 0 Å². The number of carbonyl (C=O) groups excluding carboxylic acids is 1. The summed E-state index contributed by atoms with van der Waals surface area (Å²) in [5.74, 6) is -1.02. The Hall–Kier alpha value is -2.05. The van der Waals surface area contributed by atoms with E-state index in [4.69, 9.17) is 4.74 Å². The molecule has 0 saturated heterocycles. The van der Waals surface area contributed by atoms with E-state index >= 15 is 0 Å². The molecule has 1 aliphatic heterocycles. The molecule has 7 heteroatoms. The molecule has 0 spiro atoms. The summed E-state index contributed by atoms with van der Waals surface area (Å²) in [5, 5.41) is 13.2. The Bertz CT molecular complexity index is 503. The Kier molecular flexibility index (Phi) is 3.21. The minimum atomic E-state index is -1.02. The highest BCUT2D eigenvalue weighted by atomic mass is 16.6. The molecule has 19 heavy (non-hydrogen) atoms. The molecule has 1 amide bonds. The third kappa shape index (κ3) is 2.86. The molecule has 0 aliphatic carbocycles. The Balaban J connectivity index is 2.19. The number of carboxylic acids is 1. The zero-order chi connectivity index (χ0) is 14.2. The minimum Gasteiger partial charge on any atom is -0.480 e. The van der Waals surface area contributed by atoms with Crippen LogP contribution in [0.2, 0.25) is 0 Å². The summed E-state index contributed by atoms with van der Waals surface area (Å²) in [6.45, 7) is 5.67. The monoisotopic (exact) mass is 267 g/mol. The topological polar surface area (TPSA) is 84.7 Å². The first kappa shape index (κ1) is 13.4. The van der Waals surface area contributed by atoms with E-state index in [-0.39, 0.29) is 6.54 Å². The van der Waals surface area contributed by atoms with Crippen LogP contribution in [0.1, 0.15) is 32.5 Å². The van der Waals surface area contributed by atoms with Gasteiger partial charge in [0.25, 0.3) is 0 Å². The number of carboxylic acid groups (broad SMARTS) is 1. The van der Waals surface area contributed by atoms with Gasteiger partial charge in [0.05, 0.1) is 18.8 Å². The van der Waals surface area contributed by atoms with Gasteiger partial charge in [-0.1, -0.05) is 0 Å². The first-order chi connectivity index (χ1) is 8.78. The number of hydrogen-bond donors (Lipinski definition) is 1. The second kappa shape index (κ2) is 4.56. The number of carbonyl (C=O) groups is 2. The van der Waals surface area contributed by atoms with Crippen molar-refractivity contribution in [1.29, 1.82) is 0 Å². The number of fused-ring (bicyclic) bond motifs is 1. The van der Waals surface area contributed by atoms with Crippen molar-refractivity contribution in [2.45, 2.75) is 39.0 Å². The molecule has 0 aromatic carbocycles. The van der Waals surface area contributed by atoms with E-state index in [0.717, 1.165) is 0 Å². The molecule has 2 heterocycles. The van der Waals surface area contributed by atoms with E-state index in [9.17, 15) is 14.7 Å². The van der Waals surface area contributed by atoms with Gasteiger partial charge < -0.3 is 9.84 Å². The van der Waals surface area contributed by atoms with Crippen LogP contribution in [0.25, 0.3) is 0 Å². The molecule has 0 fully saturated rings. The molecular weight excluding hydrogens is 250 g/mol. The molecule has 0 unspecified atom stereocenters. The molecular formula is C12H17N3O4. The second-order valence-corrected chi connectivity index (χ2v) is 5.48. The lowest BCUT2D eigenvalue weighted by Gasteiger charge is -2.33. The van der Waals surface area contributed by atoms with E-state index in [1.807, 2.05) is 0 Å². The molecule has 1 aromatic rings. The Labute approximate surface area is 110 Å². The zero-order valence-electron chi connectivity index (χ0n) is 11.2. The molecule has 1 aliphatic rings. The summed E-state index contributed by atoms with van der Waals surface area (Å²) in [7, 11) is 0. The molecule has 1 atom stereocenters. The second-order valence-electron chi connectivity index (χ2n) is 5.48. The SMILES string of the molecule is CC(C)(C)OC(=O)N1Cc2ccnn2[C@H](C(=O)O)C1. The van der Waals surface area contributed by atoms with Gasteiger partial charge in [-0.05, 0) is 26.8 Å². The Morgan fingerprint density at radius 2 is 2.16 bits per heavy atom. The van der Waals surface area contributed by atoms with Gasteiger partial charge in [0, 0.05) is 6.20 Å². The predicted molar refractivity (Wildman–Crippen MR) is 65.5 cm³/mol. The average molecular weight is 267 g/mol. The lowest BCUT2D eigenvalue weighted by atomic mass is 10.2. The van der Waals surface area contributed by atoms with Gasteiger partial charge in [-0.2, -0.15) is 5.10 Å². The normalized spacial score (nSPS) is 18.9. The third-order valence-corrected chi connectivity index (χ3v) is 2.73. The summed E-state index contributed by atoms with van der Waals surface area (Å²) in [6.07, 6.45) is 1.02. The van der Waals surface area contributed by atoms with Crippen LogP contribution >= 0.6 is 0 Å². The van der Waals surface area contributed by atoms with Crippen molar-refractivity contribution >= 4 is 12.1 Å². The van der Waals surface area contributed by atoms with Crippen molar-refractivity contribution in [3.05, 3.63) is 18.0 Å². The number of nitrogens with zero attached hydrogens (tertiary/aromatic N) is 3. The maximum absolute atomic E-state index is 12.0. The quantitative estimate of drug-likeness (QED) is 0.828. The van der Waals surface area contributed by atoms with Gasteiger partial charge in [-0.25, -0.2) is 9.59 Å². The van der Waals surface area contributed by atoms with Crippen molar-refractivity contribution in [2.75, 3.05) is 6.54 Å². The molecule has 104 valence electrons. The number of rotatable bonds is 1. The summed E-state index contributed by atoms with van der Waals surface area (Å²) in [5.41, 5.74) is 0.0811. The largest absolute Gasteiger partial charge is 0.480 e. The van der Waals surface area contributed by atoms with Gasteiger partial charge in [0.1, 0.15) is 5.60 Å². The van der Waals surface area contributed by atoms with Gasteiger partial charge in [-0.3, -0.25) is 9.58 Å². The summed E-state index contributed by atoms with van der Waals surface area (Å²) >= 11 is 0. The highest BCUT2D eigenvalue weighted by Gasteiger charge is 2.34. The Morgan fingerprint density at radius 1 is 1.47 bits per heavy atom. The fraction of sp³-hybridized carbons (Fsp3) is 0.583. The molecule has 2 rings (SSSR count). The highest BCUT2D eigenvalue weighted by Crippen LogP contribution is 2.22. The number of hydrogen-bond acceptors (Lipinski definition) is 4. The lowest BCUT2D eigenvalue weighted by Crippen LogP contribution is -2.45. The van der Waals surface area contributed by atoms with Gasteiger partial charge in [0.2, 0.25) is 0 Å². The molecule has 0 bridgehead atoms. The van der Waals surface area contributed by atoms with Crippen LogP contribution in [0.15, 0.2) is 12.3 Å². The molecule has 7 nitrogen and oxygen atoms in total. The minimum absolute atomic E-state index is 0.0545. The van der Waals surface area contributed by atoms with Crippen LogP contribution in [-0.2, 0) is 16.1 Å². The van der Waals surface area contributed by atoms with Crippen molar-refractivity contribution in [3.8, 4) is 0 Å². The van der Waals surface area contributed by atoms with Crippen molar-refractivity contribution in [2.24, 2.45) is 0 Å². The first-order valence-electron chi connectivity index (χ1n) is 6.01. The third-order valence-electron chi connectivity index (χ3n) is 2.73. The number of aliphatic carboxylic acids is 1. The van der Waals surface area contributed by atoms with Crippen LogP contribution in [0.4, 0.5) is 4.79 Å². The fourth-order valence-corrected chi connectivity index (χ4v) is 1.94. The van der Waals surface area contributed by atoms with Crippen LogP contribution in [0.5, 0.6) is 0 Å². The van der Waals surface area contributed by atoms with Crippen LogP contribution in [-0.4, -0.2) is 44.0 Å². The van der Waals surface area contributed by atoms with E-state index in [1.54, 1.807) is 26.8 Å². The maximum Gasteiger partial charge on any atom is 0.410 e. The first-order valence-corrected chi connectivity index (χ1v) is 6.01. The van der Waals surface area contributed by atoms with Gasteiger partial charge in [-0.15, -0.1) is 0 Å². The number of ether oxygens (including phenoxy) is 1. The summed E-state index contributed by atoms with van der Waals surface area (Å²) in [4.78, 5) is 24.6. The average Bonchev–Trinajstić information content (AvgIpc) is 2.72. The van der Waals surface area contributed by atoms with Gasteiger partial charge in [0.15, 0.2) is 6.04 Å². The smallest absolute Gasteiger partial charge is 0.410 e. The summed E-state index contributed by atoms with van der Waals surface area (Å²) < 4.78 is 6.69. The van der Waals surface area contributed by atoms with E-state index < -0.39 is 23.7 Å². The highest BCUT2D eigenvalue weighted by molar-refractivity contribution is 5.75. The predicted octanol–water partition coefficient (Wildman–Crippen LogP) is 1.26. The molecule has 0 saturated carbocycles. The summed E-state index contributed by atoms with van der Waals surface area (Å²) in [6, 6.07) is 0.832.